The van der Waals surface area contributed by atoms with Crippen LogP contribution in [0.5, 0.6) is 0 Å². The molecule has 0 spiro atoms. The molecule has 1 aromatic heterocycles. The maximum atomic E-state index is 5.75. The van der Waals surface area contributed by atoms with Crippen LogP contribution in [0.25, 0.3) is 0 Å². The summed E-state index contributed by atoms with van der Waals surface area (Å²) in [7, 11) is 4.13. The van der Waals surface area contributed by atoms with Gasteiger partial charge in [0.05, 0.1) is 0 Å². The van der Waals surface area contributed by atoms with Gasteiger partial charge in [-0.15, -0.1) is 0 Å². The van der Waals surface area contributed by atoms with Gasteiger partial charge >= 0.3 is 0 Å². The highest BCUT2D eigenvalue weighted by atomic mass is 35.5. The average molecular weight is 214 g/mol. The highest BCUT2D eigenvalue weighted by Crippen LogP contribution is 2.08. The molecule has 0 aliphatic carbocycles. The second-order valence-corrected chi connectivity index (χ2v) is 3.82. The van der Waals surface area contributed by atoms with Gasteiger partial charge in [-0.25, -0.2) is 4.98 Å². The summed E-state index contributed by atoms with van der Waals surface area (Å²) in [6, 6.07) is 5.58. The van der Waals surface area contributed by atoms with Crippen molar-refractivity contribution in [3.63, 3.8) is 0 Å². The van der Waals surface area contributed by atoms with Crippen molar-refractivity contribution in [3.05, 3.63) is 23.4 Å². The Morgan fingerprint density at radius 2 is 2.21 bits per heavy atom. The van der Waals surface area contributed by atoms with Gasteiger partial charge in [-0.1, -0.05) is 17.7 Å². The zero-order chi connectivity index (χ0) is 10.4. The number of anilines is 1. The third-order valence-electron chi connectivity index (χ3n) is 1.80. The Kier molecular flexibility index (Phi) is 4.70. The maximum absolute atomic E-state index is 5.75. The predicted octanol–water partition coefficient (Wildman–Crippen LogP) is 2.10. The molecule has 0 amide bonds. The van der Waals surface area contributed by atoms with Crippen molar-refractivity contribution in [2.24, 2.45) is 0 Å². The molecule has 0 bridgehead atoms. The molecule has 0 fully saturated rings. The molecule has 0 radical (unpaired) electrons. The van der Waals surface area contributed by atoms with Gasteiger partial charge in [-0.2, -0.15) is 0 Å². The predicted molar refractivity (Wildman–Crippen MR) is 60.9 cm³/mol. The van der Waals surface area contributed by atoms with Crippen LogP contribution in [0, 0.1) is 0 Å². The van der Waals surface area contributed by atoms with Crippen LogP contribution in [-0.2, 0) is 0 Å². The van der Waals surface area contributed by atoms with E-state index in [1.54, 1.807) is 6.07 Å². The molecule has 1 rings (SSSR count). The topological polar surface area (TPSA) is 28.2 Å². The van der Waals surface area contributed by atoms with Crippen molar-refractivity contribution in [1.29, 1.82) is 0 Å². The molecule has 1 heterocycles. The van der Waals surface area contributed by atoms with E-state index in [1.807, 2.05) is 12.1 Å². The minimum absolute atomic E-state index is 0.530. The van der Waals surface area contributed by atoms with Crippen molar-refractivity contribution in [1.82, 2.24) is 9.88 Å². The summed E-state index contributed by atoms with van der Waals surface area (Å²) in [4.78, 5) is 6.29. The molecule has 0 aromatic carbocycles. The summed E-state index contributed by atoms with van der Waals surface area (Å²) >= 11 is 5.75. The third kappa shape index (κ3) is 4.44. The van der Waals surface area contributed by atoms with Gasteiger partial charge in [-0.3, -0.25) is 0 Å². The molecule has 0 atom stereocenters. The lowest BCUT2D eigenvalue weighted by atomic mass is 10.4. The largest absolute Gasteiger partial charge is 0.370 e. The van der Waals surface area contributed by atoms with Crippen LogP contribution < -0.4 is 5.32 Å². The number of nitrogens with zero attached hydrogens (tertiary/aromatic N) is 2. The van der Waals surface area contributed by atoms with Crippen molar-refractivity contribution >= 4 is 17.4 Å². The third-order valence-corrected chi connectivity index (χ3v) is 2.01. The number of halogens is 1. The van der Waals surface area contributed by atoms with Crippen LogP contribution in [-0.4, -0.2) is 37.1 Å². The van der Waals surface area contributed by atoms with Gasteiger partial charge in [0.1, 0.15) is 11.0 Å². The Bertz CT molecular complexity index is 276. The number of rotatable bonds is 5. The summed E-state index contributed by atoms with van der Waals surface area (Å²) in [6.07, 6.45) is 1.10. The second kappa shape index (κ2) is 5.83. The molecular weight excluding hydrogens is 198 g/mol. The average Bonchev–Trinajstić information content (AvgIpc) is 2.12. The molecule has 0 aliphatic heterocycles. The molecule has 14 heavy (non-hydrogen) atoms. The first kappa shape index (κ1) is 11.3. The van der Waals surface area contributed by atoms with E-state index >= 15 is 0 Å². The monoisotopic (exact) mass is 213 g/mol. The number of hydrogen-bond donors (Lipinski definition) is 1. The lowest BCUT2D eigenvalue weighted by Crippen LogP contribution is -2.16. The van der Waals surface area contributed by atoms with Gasteiger partial charge in [0.25, 0.3) is 0 Å². The highest BCUT2D eigenvalue weighted by molar-refractivity contribution is 6.29. The zero-order valence-electron chi connectivity index (χ0n) is 8.63. The van der Waals surface area contributed by atoms with Crippen LogP contribution in [0.15, 0.2) is 18.2 Å². The van der Waals surface area contributed by atoms with Gasteiger partial charge in [0.2, 0.25) is 0 Å². The smallest absolute Gasteiger partial charge is 0.131 e. The van der Waals surface area contributed by atoms with Crippen LogP contribution in [0.3, 0.4) is 0 Å². The molecule has 78 valence electrons. The summed E-state index contributed by atoms with van der Waals surface area (Å²) in [5.41, 5.74) is 0. The lowest BCUT2D eigenvalue weighted by Gasteiger charge is -2.10. The Morgan fingerprint density at radius 3 is 2.86 bits per heavy atom. The maximum Gasteiger partial charge on any atom is 0.131 e. The highest BCUT2D eigenvalue weighted by Gasteiger charge is 1.94. The van der Waals surface area contributed by atoms with Crippen molar-refractivity contribution in [3.8, 4) is 0 Å². The molecule has 0 saturated carbocycles. The quantitative estimate of drug-likeness (QED) is 0.600. The first-order valence-corrected chi connectivity index (χ1v) is 5.07. The van der Waals surface area contributed by atoms with Gasteiger partial charge in [0, 0.05) is 6.54 Å². The van der Waals surface area contributed by atoms with E-state index in [1.165, 1.54) is 0 Å². The molecule has 3 nitrogen and oxygen atoms in total. The van der Waals surface area contributed by atoms with E-state index < -0.39 is 0 Å². The fraction of sp³-hybridized carbons (Fsp3) is 0.500. The van der Waals surface area contributed by atoms with Gasteiger partial charge < -0.3 is 10.2 Å². The van der Waals surface area contributed by atoms with Crippen LogP contribution in [0.4, 0.5) is 5.82 Å². The summed E-state index contributed by atoms with van der Waals surface area (Å²) in [5.74, 6) is 0.844. The molecule has 0 aliphatic rings. The van der Waals surface area contributed by atoms with Gasteiger partial charge in [-0.05, 0) is 39.2 Å². The fourth-order valence-electron chi connectivity index (χ4n) is 1.12. The molecule has 1 aromatic rings. The van der Waals surface area contributed by atoms with E-state index in [9.17, 15) is 0 Å². The number of pyridine rings is 1. The summed E-state index contributed by atoms with van der Waals surface area (Å²) in [6.45, 7) is 2.00. The lowest BCUT2D eigenvalue weighted by molar-refractivity contribution is 0.405. The van der Waals surface area contributed by atoms with Crippen LogP contribution >= 0.6 is 11.6 Å². The minimum Gasteiger partial charge on any atom is -0.370 e. The van der Waals surface area contributed by atoms with Crippen molar-refractivity contribution in [2.75, 3.05) is 32.5 Å². The Labute approximate surface area is 90.1 Å². The summed E-state index contributed by atoms with van der Waals surface area (Å²) < 4.78 is 0. The zero-order valence-corrected chi connectivity index (χ0v) is 9.38. The molecule has 1 N–H and O–H groups in total. The van der Waals surface area contributed by atoms with Crippen molar-refractivity contribution in [2.45, 2.75) is 6.42 Å². The first-order valence-electron chi connectivity index (χ1n) is 4.69. The Hall–Kier alpha value is -0.800. The normalized spacial score (nSPS) is 10.6. The molecule has 4 heteroatoms. The van der Waals surface area contributed by atoms with E-state index in [-0.39, 0.29) is 0 Å². The fourth-order valence-corrected chi connectivity index (χ4v) is 1.28. The SMILES string of the molecule is CN(C)CCCNc1cccc(Cl)n1. The van der Waals surface area contributed by atoms with Crippen molar-refractivity contribution < 1.29 is 0 Å². The molecular formula is C10H16ClN3. The number of hydrogen-bond acceptors (Lipinski definition) is 3. The van der Waals surface area contributed by atoms with E-state index in [0.29, 0.717) is 5.15 Å². The standard InChI is InChI=1S/C10H16ClN3/c1-14(2)8-4-7-12-10-6-3-5-9(11)13-10/h3,5-6H,4,7-8H2,1-2H3,(H,12,13). The summed E-state index contributed by atoms with van der Waals surface area (Å²) in [5, 5.41) is 3.75. The molecule has 0 unspecified atom stereocenters. The van der Waals surface area contributed by atoms with Crippen LogP contribution in [0.2, 0.25) is 5.15 Å². The van der Waals surface area contributed by atoms with Gasteiger partial charge in [0.15, 0.2) is 0 Å². The van der Waals surface area contributed by atoms with Crippen LogP contribution in [0.1, 0.15) is 6.42 Å². The number of nitrogens with one attached hydrogen (secondary N) is 1. The number of aromatic nitrogens is 1. The van der Waals surface area contributed by atoms with E-state index in [0.717, 1.165) is 25.3 Å². The molecule has 0 saturated heterocycles. The Balaban J connectivity index is 2.25. The van der Waals surface area contributed by atoms with E-state index in [2.05, 4.69) is 29.3 Å². The first-order chi connectivity index (χ1) is 6.68. The Morgan fingerprint density at radius 1 is 1.43 bits per heavy atom. The second-order valence-electron chi connectivity index (χ2n) is 3.43. The minimum atomic E-state index is 0.530. The van der Waals surface area contributed by atoms with E-state index in [4.69, 9.17) is 11.6 Å².